The molecule has 6 aromatic carbocycles. The highest BCUT2D eigenvalue weighted by atomic mass is 127. The molecule has 0 aliphatic heterocycles. The highest BCUT2D eigenvalue weighted by Crippen LogP contribution is 2.41. The zero-order chi connectivity index (χ0) is 55.3. The number of rotatable bonds is 21. The first kappa shape index (κ1) is 67.1. The minimum atomic E-state index is -1.36. The van der Waals surface area contributed by atoms with E-state index < -0.39 is 16.8 Å². The number of hydrogen-bond acceptors (Lipinski definition) is 9. The maximum absolute atomic E-state index is 13.3. The van der Waals surface area contributed by atoms with Crippen LogP contribution in [0.1, 0.15) is 96.0 Å². The molecular weight excluding hydrogens is 1100 g/mol. The molecule has 3 atom stereocenters. The van der Waals surface area contributed by atoms with E-state index in [-0.39, 0.29) is 68.7 Å². The fraction of sp³-hybridized carbons (Fsp3) is 0.361. The number of aliphatic hydroxyl groups is 6. The van der Waals surface area contributed by atoms with Gasteiger partial charge in [-0.25, -0.2) is 27.7 Å². The van der Waals surface area contributed by atoms with Gasteiger partial charge >= 0.3 is 0 Å². The Kier molecular flexibility index (Phi) is 27.9. The molecule has 0 fully saturated rings. The lowest BCUT2D eigenvalue weighted by Gasteiger charge is -2.32. The molecule has 0 amide bonds. The molecule has 6 N–H and O–H groups in total. The largest absolute Gasteiger partial charge is 0.392 e. The van der Waals surface area contributed by atoms with E-state index >= 15 is 0 Å². The van der Waals surface area contributed by atoms with E-state index in [1.807, 2.05) is 57.0 Å². The molecule has 0 aromatic heterocycles. The lowest BCUT2D eigenvalue weighted by molar-refractivity contribution is 0.0638. The average Bonchev–Trinajstić information content (AvgIpc) is 3.40. The second-order valence-electron chi connectivity index (χ2n) is 19.2. The van der Waals surface area contributed by atoms with E-state index in [1.165, 1.54) is 36.4 Å². The third-order valence-electron chi connectivity index (χ3n) is 12.9. The number of benzene rings is 6. The van der Waals surface area contributed by atoms with Gasteiger partial charge in [0.05, 0.1) is 39.5 Å². The summed E-state index contributed by atoms with van der Waals surface area (Å²) in [4.78, 5) is 16.2. The molecule has 6 aromatic rings. The molecule has 0 saturated heterocycles. The van der Waals surface area contributed by atoms with Gasteiger partial charge in [0.1, 0.15) is 34.3 Å². The number of aliphatic hydroxyl groups excluding tert-OH is 3. The molecule has 0 radical (unpaired) electrons. The second-order valence-corrected chi connectivity index (χ2v) is 19.2. The fourth-order valence-electron chi connectivity index (χ4n) is 8.99. The molecule has 77 heavy (non-hydrogen) atoms. The van der Waals surface area contributed by atoms with E-state index in [0.717, 1.165) is 38.9 Å². The van der Waals surface area contributed by atoms with Gasteiger partial charge in [0.2, 0.25) is 0 Å². The summed E-state index contributed by atoms with van der Waals surface area (Å²) in [5.74, 6) is -1.11. The summed E-state index contributed by atoms with van der Waals surface area (Å²) >= 11 is 0. The van der Waals surface area contributed by atoms with Crippen LogP contribution >= 0.6 is 24.0 Å². The van der Waals surface area contributed by atoms with Gasteiger partial charge in [-0.2, -0.15) is 0 Å². The summed E-state index contributed by atoms with van der Waals surface area (Å²) in [5, 5.41) is 63.7. The minimum absolute atomic E-state index is 0. The lowest BCUT2D eigenvalue weighted by Crippen LogP contribution is -2.30. The Morgan fingerprint density at radius 1 is 0.403 bits per heavy atom. The van der Waals surface area contributed by atoms with Gasteiger partial charge < -0.3 is 45.3 Å². The maximum Gasteiger partial charge on any atom is 0.187 e. The number of hydrogen-bond donors (Lipinski definition) is 6. The Balaban J connectivity index is 0.000000390. The highest BCUT2D eigenvalue weighted by molar-refractivity contribution is 14.0. The normalized spacial score (nSPS) is 13.1. The van der Waals surface area contributed by atoms with Crippen LogP contribution in [0.5, 0.6) is 0 Å². The Bertz CT molecular complexity index is 2580. The smallest absolute Gasteiger partial charge is 0.187 e. The first-order valence-electron chi connectivity index (χ1n) is 24.5. The zero-order valence-corrected chi connectivity index (χ0v) is 46.3. The van der Waals surface area contributed by atoms with E-state index in [2.05, 4.69) is 14.5 Å². The molecule has 12 nitrogen and oxygen atoms in total. The van der Waals surface area contributed by atoms with Crippen molar-refractivity contribution in [2.45, 2.75) is 82.6 Å². The van der Waals surface area contributed by atoms with Gasteiger partial charge in [-0.05, 0) is 187 Å². The molecule has 0 saturated carbocycles. The first-order chi connectivity index (χ1) is 35.7. The molecule has 0 unspecified atom stereocenters. The van der Waals surface area contributed by atoms with Gasteiger partial charge in [0.15, 0.2) is 17.1 Å². The Morgan fingerprint density at radius 2 is 0.623 bits per heavy atom. The van der Waals surface area contributed by atoms with Crippen LogP contribution in [-0.2, 0) is 36.6 Å². The van der Waals surface area contributed by atoms with Crippen molar-refractivity contribution < 1.29 is 43.8 Å². The molecule has 412 valence electrons. The van der Waals surface area contributed by atoms with Crippen molar-refractivity contribution in [3.63, 3.8) is 0 Å². The first-order valence-corrected chi connectivity index (χ1v) is 24.5. The predicted octanol–water partition coefficient (Wildman–Crippen LogP) is 11.6. The second kappa shape index (κ2) is 32.0. The Hall–Kier alpha value is -6.05. The van der Waals surface area contributed by atoms with Crippen molar-refractivity contribution in [3.05, 3.63) is 229 Å². The van der Waals surface area contributed by atoms with Gasteiger partial charge in [-0.15, -0.1) is 24.0 Å². The molecule has 16 heteroatoms. The predicted molar refractivity (Wildman–Crippen MR) is 310 cm³/mol. The van der Waals surface area contributed by atoms with Crippen molar-refractivity contribution in [1.29, 1.82) is 0 Å². The summed E-state index contributed by atoms with van der Waals surface area (Å²) < 4.78 is 40.0. The quantitative estimate of drug-likeness (QED) is 0.0307. The van der Waals surface area contributed by atoms with Crippen LogP contribution in [0.4, 0.5) is 30.2 Å². The van der Waals surface area contributed by atoms with Crippen molar-refractivity contribution in [3.8, 4) is 0 Å². The zero-order valence-electron chi connectivity index (χ0n) is 44.0. The topological polar surface area (TPSA) is 144 Å². The molecular formula is C61H74F3IN6O6. The van der Waals surface area contributed by atoms with Crippen LogP contribution in [0.3, 0.4) is 0 Å². The average molecular weight is 1170 g/mol. The van der Waals surface area contributed by atoms with Crippen molar-refractivity contribution >= 4 is 41.0 Å². The molecule has 0 bridgehead atoms. The Labute approximate surface area is 470 Å². The molecule has 0 aliphatic rings. The summed E-state index contributed by atoms with van der Waals surface area (Å²) in [6, 6.07) is 32.0. The van der Waals surface area contributed by atoms with E-state index in [0.29, 0.717) is 86.4 Å². The van der Waals surface area contributed by atoms with Gasteiger partial charge in [-0.3, -0.25) is 0 Å². The Morgan fingerprint density at radius 3 is 0.805 bits per heavy atom. The van der Waals surface area contributed by atoms with Gasteiger partial charge in [-0.1, -0.05) is 98.4 Å². The van der Waals surface area contributed by atoms with Crippen LogP contribution in [0.2, 0.25) is 0 Å². The highest BCUT2D eigenvalue weighted by Gasteiger charge is 2.36. The number of nitrogens with zero attached hydrogens (tertiary/aromatic N) is 6. The van der Waals surface area contributed by atoms with Crippen LogP contribution in [-0.4, -0.2) is 107 Å². The summed E-state index contributed by atoms with van der Waals surface area (Å²) in [6.45, 7) is 22.9. The van der Waals surface area contributed by atoms with E-state index in [4.69, 9.17) is 19.7 Å². The monoisotopic (exact) mass is 1170 g/mol. The summed E-state index contributed by atoms with van der Waals surface area (Å²) in [6.07, 6.45) is 3.41. The standard InChI is InChI=1S/3C20H23FN2O2.CH4.HI/c3*1-22-18-9-10-19(15(13-18)14-24)20(25,11-4-12-23(2)3)16-5-7-17(21)8-6-16;;/h3*5-10,13,24-25H,4,11-12,14H2,2-3H3;1H4;1H/t3*20-;;/m100../s1. The van der Waals surface area contributed by atoms with Crippen molar-refractivity contribution in [2.24, 2.45) is 0 Å². The van der Waals surface area contributed by atoms with Crippen molar-refractivity contribution in [2.75, 3.05) is 61.9 Å². The van der Waals surface area contributed by atoms with Gasteiger partial charge in [0.25, 0.3) is 0 Å². The van der Waals surface area contributed by atoms with Crippen LogP contribution in [0.15, 0.2) is 127 Å². The number of halogens is 4. The maximum atomic E-state index is 13.3. The summed E-state index contributed by atoms with van der Waals surface area (Å²) in [7, 11) is 11.8. The fourth-order valence-corrected chi connectivity index (χ4v) is 8.99. The van der Waals surface area contributed by atoms with Crippen molar-refractivity contribution in [1.82, 2.24) is 14.7 Å². The molecule has 0 aliphatic carbocycles. The minimum Gasteiger partial charge on any atom is -0.392 e. The molecule has 0 heterocycles. The third-order valence-corrected chi connectivity index (χ3v) is 12.9. The molecule has 6 rings (SSSR count). The van der Waals surface area contributed by atoms with Crippen LogP contribution in [0, 0.1) is 37.2 Å². The van der Waals surface area contributed by atoms with Crippen LogP contribution in [0.25, 0.3) is 14.5 Å². The third kappa shape index (κ3) is 18.6. The van der Waals surface area contributed by atoms with Gasteiger partial charge in [0, 0.05) is 0 Å². The molecule has 0 spiro atoms. The van der Waals surface area contributed by atoms with E-state index in [1.54, 1.807) is 91.0 Å². The lowest BCUT2D eigenvalue weighted by atomic mass is 9.80. The van der Waals surface area contributed by atoms with E-state index in [9.17, 15) is 43.8 Å². The van der Waals surface area contributed by atoms with Crippen LogP contribution < -0.4 is 0 Å². The summed E-state index contributed by atoms with van der Waals surface area (Å²) in [5.41, 5.74) is 2.00. The SMILES string of the molecule is C.I.[C-]#[N+]c1ccc([C@@](O)(CCCN(C)C)c2ccc(F)cc2)c(CO)c1.[C-]#[N+]c1ccc([C@](O)(CCCN(C)C)c2ccc(F)cc2)c(CO)c1.[C-]#[N+]c1ccc([C@](O)(CCCN(C)C)c2ccc(F)cc2)c(CO)c1.